The third-order valence-electron chi connectivity index (χ3n) is 3.96. The number of hydrogen-bond acceptors (Lipinski definition) is 3. The minimum atomic E-state index is -0.387. The molecule has 0 unspecified atom stereocenters. The van der Waals surface area contributed by atoms with Crippen LogP contribution in [0.5, 0.6) is 0 Å². The average Bonchev–Trinajstić information content (AvgIpc) is 2.92. The number of nitrogens with two attached hydrogens (primary N) is 1. The maximum atomic E-state index is 11.6. The molecule has 2 aromatic carbocycles. The summed E-state index contributed by atoms with van der Waals surface area (Å²) < 4.78 is 5.31. The van der Waals surface area contributed by atoms with E-state index in [0.717, 1.165) is 18.4 Å². The van der Waals surface area contributed by atoms with E-state index < -0.39 is 0 Å². The molecule has 1 aliphatic carbocycles. The number of hydrogen-bond donors (Lipinski definition) is 2. The van der Waals surface area contributed by atoms with Gasteiger partial charge in [0.1, 0.15) is 6.61 Å². The van der Waals surface area contributed by atoms with Crippen LogP contribution in [-0.2, 0) is 17.8 Å². The van der Waals surface area contributed by atoms with Gasteiger partial charge in [0.25, 0.3) is 0 Å². The first-order valence-electron chi connectivity index (χ1n) is 7.59. The average molecular weight is 296 g/mol. The molecule has 4 heteroatoms. The van der Waals surface area contributed by atoms with E-state index in [9.17, 15) is 4.79 Å². The molecule has 0 aliphatic heterocycles. The number of ether oxygens (including phenoxy) is 1. The summed E-state index contributed by atoms with van der Waals surface area (Å²) in [4.78, 5) is 11.6. The highest BCUT2D eigenvalue weighted by Crippen LogP contribution is 2.38. The molecule has 22 heavy (non-hydrogen) atoms. The van der Waals surface area contributed by atoms with Crippen molar-refractivity contribution < 1.29 is 9.53 Å². The predicted octanol–water partition coefficient (Wildman–Crippen LogP) is 2.83. The number of carbonyl (C=O) groups excluding carboxylic acids is 1. The molecule has 0 heterocycles. The maximum Gasteiger partial charge on any atom is 0.407 e. The minimum Gasteiger partial charge on any atom is -0.445 e. The zero-order valence-corrected chi connectivity index (χ0v) is 12.5. The van der Waals surface area contributed by atoms with Gasteiger partial charge >= 0.3 is 6.09 Å². The Morgan fingerprint density at radius 1 is 1.14 bits per heavy atom. The number of carbonyl (C=O) groups is 1. The van der Waals surface area contributed by atoms with E-state index in [2.05, 4.69) is 35.6 Å². The quantitative estimate of drug-likeness (QED) is 0.712. The Morgan fingerprint density at radius 3 is 2.82 bits per heavy atom. The van der Waals surface area contributed by atoms with E-state index in [1.54, 1.807) is 0 Å². The van der Waals surface area contributed by atoms with Crippen molar-refractivity contribution in [2.75, 3.05) is 13.1 Å². The van der Waals surface area contributed by atoms with E-state index in [1.165, 1.54) is 22.3 Å². The molecule has 0 fully saturated rings. The topological polar surface area (TPSA) is 64.3 Å². The second-order valence-electron chi connectivity index (χ2n) is 5.42. The molecule has 0 saturated heterocycles. The molecule has 114 valence electrons. The Morgan fingerprint density at radius 2 is 1.95 bits per heavy atom. The van der Waals surface area contributed by atoms with Crippen LogP contribution in [0.3, 0.4) is 0 Å². The Labute approximate surface area is 130 Å². The number of rotatable bonds is 5. The molecule has 0 saturated carbocycles. The summed E-state index contributed by atoms with van der Waals surface area (Å²) in [5.74, 6) is 0. The van der Waals surface area contributed by atoms with E-state index >= 15 is 0 Å². The smallest absolute Gasteiger partial charge is 0.407 e. The molecule has 2 aromatic rings. The van der Waals surface area contributed by atoms with Crippen molar-refractivity contribution in [1.82, 2.24) is 5.32 Å². The van der Waals surface area contributed by atoms with Gasteiger partial charge in [-0.3, -0.25) is 0 Å². The van der Waals surface area contributed by atoms with E-state index in [0.29, 0.717) is 19.7 Å². The summed E-state index contributed by atoms with van der Waals surface area (Å²) in [6, 6.07) is 14.6. The summed E-state index contributed by atoms with van der Waals surface area (Å²) in [6.45, 7) is 1.41. The highest BCUT2D eigenvalue weighted by Gasteiger charge is 2.20. The van der Waals surface area contributed by atoms with Crippen molar-refractivity contribution in [2.24, 2.45) is 5.73 Å². The van der Waals surface area contributed by atoms with Gasteiger partial charge < -0.3 is 15.8 Å². The van der Waals surface area contributed by atoms with Crippen molar-refractivity contribution in [3.8, 4) is 11.1 Å². The van der Waals surface area contributed by atoms with Gasteiger partial charge in [0, 0.05) is 6.54 Å². The Balaban J connectivity index is 1.68. The van der Waals surface area contributed by atoms with Crippen LogP contribution in [0.25, 0.3) is 11.1 Å². The van der Waals surface area contributed by atoms with Crippen LogP contribution in [0, 0.1) is 0 Å². The molecular formula is C18H20N2O2. The highest BCUT2D eigenvalue weighted by atomic mass is 16.5. The van der Waals surface area contributed by atoms with Gasteiger partial charge in [-0.25, -0.2) is 4.79 Å². The van der Waals surface area contributed by atoms with Crippen molar-refractivity contribution in [3.05, 3.63) is 59.2 Å². The lowest BCUT2D eigenvalue weighted by Crippen LogP contribution is -2.26. The molecule has 1 aliphatic rings. The molecule has 4 nitrogen and oxygen atoms in total. The third kappa shape index (κ3) is 2.97. The first-order chi connectivity index (χ1) is 10.8. The number of fused-ring (bicyclic) bond motifs is 3. The van der Waals surface area contributed by atoms with Gasteiger partial charge in [0.15, 0.2) is 0 Å². The standard InChI is InChI=1S/C18H20N2O2/c19-9-4-10-20-18(21)22-12-14-6-3-8-16-15-7-2-1-5-13(15)11-17(14)16/h1-3,5-8H,4,9-12,19H2,(H,20,21). The van der Waals surface area contributed by atoms with Gasteiger partial charge in [0.2, 0.25) is 0 Å². The molecule has 0 spiro atoms. The lowest BCUT2D eigenvalue weighted by atomic mass is 10.0. The van der Waals surface area contributed by atoms with Gasteiger partial charge in [-0.1, -0.05) is 42.5 Å². The SMILES string of the molecule is NCCCNC(=O)OCc1cccc2c1Cc1ccccc1-2. The first-order valence-corrected chi connectivity index (χ1v) is 7.59. The second-order valence-corrected chi connectivity index (χ2v) is 5.42. The zero-order chi connectivity index (χ0) is 15.4. The van der Waals surface area contributed by atoms with Crippen LogP contribution in [0.4, 0.5) is 4.79 Å². The first kappa shape index (κ1) is 14.6. The third-order valence-corrected chi connectivity index (χ3v) is 3.96. The highest BCUT2D eigenvalue weighted by molar-refractivity contribution is 5.78. The van der Waals surface area contributed by atoms with Crippen LogP contribution in [0.15, 0.2) is 42.5 Å². The lowest BCUT2D eigenvalue weighted by molar-refractivity contribution is 0.139. The van der Waals surface area contributed by atoms with Gasteiger partial charge in [-0.2, -0.15) is 0 Å². The van der Waals surface area contributed by atoms with E-state index in [4.69, 9.17) is 10.5 Å². The molecule has 0 bridgehead atoms. The molecular weight excluding hydrogens is 276 g/mol. The molecule has 0 aromatic heterocycles. The Kier molecular flexibility index (Phi) is 4.39. The van der Waals surface area contributed by atoms with Crippen molar-refractivity contribution in [2.45, 2.75) is 19.4 Å². The summed E-state index contributed by atoms with van der Waals surface area (Å²) in [6.07, 6.45) is 1.27. The second kappa shape index (κ2) is 6.62. The number of alkyl carbamates (subject to hydrolysis) is 1. The van der Waals surface area contributed by atoms with Gasteiger partial charge in [-0.05, 0) is 47.2 Å². The maximum absolute atomic E-state index is 11.6. The zero-order valence-electron chi connectivity index (χ0n) is 12.5. The lowest BCUT2D eigenvalue weighted by Gasteiger charge is -2.10. The summed E-state index contributed by atoms with van der Waals surface area (Å²) in [5, 5.41) is 2.70. The van der Waals surface area contributed by atoms with Crippen molar-refractivity contribution >= 4 is 6.09 Å². The Hall–Kier alpha value is -2.33. The largest absolute Gasteiger partial charge is 0.445 e. The Bertz CT molecular complexity index is 683. The molecule has 0 radical (unpaired) electrons. The molecule has 3 rings (SSSR count). The fourth-order valence-corrected chi connectivity index (χ4v) is 2.85. The molecule has 3 N–H and O–H groups in total. The van der Waals surface area contributed by atoms with Crippen LogP contribution >= 0.6 is 0 Å². The number of amides is 1. The molecule has 0 atom stereocenters. The monoisotopic (exact) mass is 296 g/mol. The van der Waals surface area contributed by atoms with Crippen LogP contribution in [0.2, 0.25) is 0 Å². The van der Waals surface area contributed by atoms with Crippen molar-refractivity contribution in [1.29, 1.82) is 0 Å². The van der Waals surface area contributed by atoms with E-state index in [1.807, 2.05) is 12.1 Å². The number of nitrogens with one attached hydrogen (secondary N) is 1. The summed E-state index contributed by atoms with van der Waals surface area (Å²) in [7, 11) is 0. The predicted molar refractivity (Wildman–Crippen MR) is 86.5 cm³/mol. The van der Waals surface area contributed by atoms with Crippen LogP contribution < -0.4 is 11.1 Å². The minimum absolute atomic E-state index is 0.297. The van der Waals surface area contributed by atoms with Crippen LogP contribution in [-0.4, -0.2) is 19.2 Å². The fraction of sp³-hybridized carbons (Fsp3) is 0.278. The fourth-order valence-electron chi connectivity index (χ4n) is 2.85. The number of benzene rings is 2. The summed E-state index contributed by atoms with van der Waals surface area (Å²) >= 11 is 0. The van der Waals surface area contributed by atoms with Crippen molar-refractivity contribution in [3.63, 3.8) is 0 Å². The molecule has 1 amide bonds. The van der Waals surface area contributed by atoms with Gasteiger partial charge in [0.05, 0.1) is 0 Å². The van der Waals surface area contributed by atoms with Crippen LogP contribution in [0.1, 0.15) is 23.1 Å². The van der Waals surface area contributed by atoms with Gasteiger partial charge in [-0.15, -0.1) is 0 Å². The normalized spacial score (nSPS) is 11.7. The summed E-state index contributed by atoms with van der Waals surface area (Å²) in [5.41, 5.74) is 11.6. The van der Waals surface area contributed by atoms with E-state index in [-0.39, 0.29) is 6.09 Å².